The summed E-state index contributed by atoms with van der Waals surface area (Å²) in [6.45, 7) is 1.54. The monoisotopic (exact) mass is 624 g/mol. The Morgan fingerprint density at radius 2 is 1.75 bits per heavy atom. The van der Waals surface area contributed by atoms with Crippen molar-refractivity contribution in [1.82, 2.24) is 19.7 Å². The van der Waals surface area contributed by atoms with E-state index >= 15 is 4.39 Å². The number of para-hydroxylation sites is 1. The van der Waals surface area contributed by atoms with Crippen LogP contribution in [-0.2, 0) is 21.9 Å². The molecule has 44 heavy (non-hydrogen) atoms. The highest BCUT2D eigenvalue weighted by Gasteiger charge is 2.42. The number of hydrogen-bond donors (Lipinski definition) is 2. The molecule has 0 unspecified atom stereocenters. The summed E-state index contributed by atoms with van der Waals surface area (Å²) in [6.07, 6.45) is -9.78. The van der Waals surface area contributed by atoms with Gasteiger partial charge in [0, 0.05) is 29.6 Å². The van der Waals surface area contributed by atoms with Crippen molar-refractivity contribution in [1.29, 1.82) is 0 Å². The number of pyridine rings is 1. The number of nitrogens with zero attached hydrogens (tertiary/aromatic N) is 3. The Morgan fingerprint density at radius 3 is 2.39 bits per heavy atom. The number of aryl methyl sites for hydroxylation is 1. The predicted molar refractivity (Wildman–Crippen MR) is 137 cm³/mol. The van der Waals surface area contributed by atoms with Crippen LogP contribution in [0, 0.1) is 12.7 Å². The van der Waals surface area contributed by atoms with Crippen LogP contribution in [0.15, 0.2) is 65.7 Å². The van der Waals surface area contributed by atoms with E-state index in [1.807, 2.05) is 0 Å². The molecule has 1 aliphatic rings. The molecule has 3 heterocycles. The second kappa shape index (κ2) is 10.8. The minimum absolute atomic E-state index is 0.00489. The number of amides is 1. The van der Waals surface area contributed by atoms with Crippen LogP contribution in [0.25, 0.3) is 5.69 Å². The smallest absolute Gasteiger partial charge is 0.435 e. The molecule has 230 valence electrons. The molecule has 0 radical (unpaired) electrons. The molecule has 5 rings (SSSR count). The zero-order valence-corrected chi connectivity index (χ0v) is 22.2. The van der Waals surface area contributed by atoms with Gasteiger partial charge in [0.05, 0.1) is 18.0 Å². The van der Waals surface area contributed by atoms with Crippen molar-refractivity contribution in [3.05, 3.63) is 105 Å². The number of ether oxygens (including phenoxy) is 1. The number of aromatic nitrogens is 3. The maximum atomic E-state index is 15.3. The Balaban J connectivity index is 1.81. The fourth-order valence-corrected chi connectivity index (χ4v) is 4.87. The Morgan fingerprint density at radius 1 is 1.02 bits per heavy atom. The van der Waals surface area contributed by atoms with Crippen LogP contribution in [-0.4, -0.2) is 31.3 Å². The van der Waals surface area contributed by atoms with E-state index in [9.17, 15) is 45.8 Å². The standard InChI is InChI=1S/C28H19F7N4O5/c1-13-3-2-4-20-23(13)39-12-17(25(37-39)28(33,34)35)19(11-22(41)42)36-26(43)24(16-10-15(44-20)5-6-18(16)29)38-8-7-14(9-21(38)40)27(30,31)32/h2-10,12,19,24H,11H2,1H3,(H,36,43)(H,41,42)/t19-,24-/m1/s1. The van der Waals surface area contributed by atoms with E-state index in [0.717, 1.165) is 29.1 Å². The first-order valence-corrected chi connectivity index (χ1v) is 12.6. The lowest BCUT2D eigenvalue weighted by atomic mass is 10.0. The number of carboxylic acid groups (broad SMARTS) is 1. The fraction of sp³-hybridized carbons (Fsp3) is 0.214. The summed E-state index contributed by atoms with van der Waals surface area (Å²) in [6, 6.07) is 3.94. The van der Waals surface area contributed by atoms with Crippen molar-refractivity contribution in [2.24, 2.45) is 0 Å². The summed E-state index contributed by atoms with van der Waals surface area (Å²) in [4.78, 5) is 38.4. The van der Waals surface area contributed by atoms with Crippen molar-refractivity contribution in [3.8, 4) is 17.2 Å². The lowest BCUT2D eigenvalue weighted by molar-refractivity contribution is -0.144. The van der Waals surface area contributed by atoms with Gasteiger partial charge in [-0.3, -0.25) is 19.0 Å². The van der Waals surface area contributed by atoms with Crippen molar-refractivity contribution in [3.63, 3.8) is 0 Å². The number of carbonyl (C=O) groups is 2. The minimum Gasteiger partial charge on any atom is -0.481 e. The number of carboxylic acids is 1. The van der Waals surface area contributed by atoms with Gasteiger partial charge in [0.25, 0.3) is 5.56 Å². The molecule has 2 aromatic heterocycles. The molecule has 2 N–H and O–H groups in total. The van der Waals surface area contributed by atoms with Crippen LogP contribution in [0.5, 0.6) is 11.5 Å². The molecule has 0 fully saturated rings. The average molecular weight is 624 g/mol. The van der Waals surface area contributed by atoms with Crippen molar-refractivity contribution >= 4 is 11.9 Å². The topological polar surface area (TPSA) is 115 Å². The molecule has 0 aliphatic carbocycles. The quantitative estimate of drug-likeness (QED) is 0.289. The highest BCUT2D eigenvalue weighted by atomic mass is 19.4. The first kappa shape index (κ1) is 30.3. The maximum absolute atomic E-state index is 15.3. The van der Waals surface area contributed by atoms with Gasteiger partial charge in [-0.2, -0.15) is 31.4 Å². The van der Waals surface area contributed by atoms with Gasteiger partial charge in [-0.1, -0.05) is 12.1 Å². The van der Waals surface area contributed by atoms with Crippen molar-refractivity contribution in [2.75, 3.05) is 0 Å². The largest absolute Gasteiger partial charge is 0.481 e. The zero-order valence-electron chi connectivity index (χ0n) is 22.2. The molecule has 0 saturated heterocycles. The molecule has 0 spiro atoms. The van der Waals surface area contributed by atoms with E-state index in [2.05, 4.69) is 10.4 Å². The Kier molecular flexibility index (Phi) is 7.47. The van der Waals surface area contributed by atoms with E-state index in [4.69, 9.17) is 4.74 Å². The normalized spacial score (nSPS) is 17.0. The molecule has 2 atom stereocenters. The van der Waals surface area contributed by atoms with Gasteiger partial charge in [0.15, 0.2) is 11.4 Å². The summed E-state index contributed by atoms with van der Waals surface area (Å²) >= 11 is 0. The number of halogens is 7. The van der Waals surface area contributed by atoms with E-state index in [0.29, 0.717) is 22.4 Å². The number of fused-ring (bicyclic) bond motifs is 6. The van der Waals surface area contributed by atoms with Gasteiger partial charge >= 0.3 is 18.3 Å². The summed E-state index contributed by atoms with van der Waals surface area (Å²) in [5.74, 6) is -4.39. The SMILES string of the molecule is Cc1cccc2c1-n1cc(c(C(F)(F)F)n1)[C@@H](CC(=O)O)NC(=O)[C@H](n1ccc(C(F)(F)F)cc1=O)c1cc(ccc1F)O2. The van der Waals surface area contributed by atoms with Crippen molar-refractivity contribution < 1.29 is 50.2 Å². The van der Waals surface area contributed by atoms with Gasteiger partial charge in [-0.05, 0) is 42.8 Å². The maximum Gasteiger partial charge on any atom is 0.435 e. The number of alkyl halides is 6. The third-order valence-corrected chi connectivity index (χ3v) is 6.80. The molecule has 2 aromatic carbocycles. The van der Waals surface area contributed by atoms with E-state index < -0.39 is 76.5 Å². The molecule has 1 aliphatic heterocycles. The first-order chi connectivity index (χ1) is 20.5. The number of hydrogen-bond acceptors (Lipinski definition) is 5. The number of benzene rings is 2. The molecular weight excluding hydrogens is 605 g/mol. The minimum atomic E-state index is -5.15. The average Bonchev–Trinajstić information content (AvgIpc) is 3.36. The van der Waals surface area contributed by atoms with Gasteiger partial charge in [0.1, 0.15) is 23.3 Å². The van der Waals surface area contributed by atoms with Crippen molar-refractivity contribution in [2.45, 2.75) is 37.8 Å². The highest BCUT2D eigenvalue weighted by Crippen LogP contribution is 2.39. The number of rotatable bonds is 3. The molecule has 1 amide bonds. The third-order valence-electron chi connectivity index (χ3n) is 6.80. The lowest BCUT2D eigenvalue weighted by Crippen LogP contribution is -2.40. The summed E-state index contributed by atoms with van der Waals surface area (Å²) < 4.78 is 105. The zero-order chi connectivity index (χ0) is 32.1. The molecular formula is C28H19F7N4O5. The van der Waals surface area contributed by atoms with Crippen LogP contribution in [0.1, 0.15) is 46.5 Å². The lowest BCUT2D eigenvalue weighted by Gasteiger charge is -2.25. The Labute approximate surface area is 242 Å². The van der Waals surface area contributed by atoms with Gasteiger partial charge in [-0.15, -0.1) is 0 Å². The summed E-state index contributed by atoms with van der Waals surface area (Å²) in [7, 11) is 0. The molecule has 0 saturated carbocycles. The van der Waals surface area contributed by atoms with Gasteiger partial charge < -0.3 is 15.2 Å². The molecule has 4 aromatic rings. The van der Waals surface area contributed by atoms with Crippen LogP contribution in [0.4, 0.5) is 30.7 Å². The van der Waals surface area contributed by atoms with Crippen LogP contribution < -0.4 is 15.6 Å². The Bertz CT molecular complexity index is 1850. The van der Waals surface area contributed by atoms with Gasteiger partial charge in [0.2, 0.25) is 5.91 Å². The van der Waals surface area contributed by atoms with E-state index in [1.54, 1.807) is 0 Å². The molecule has 9 nitrogen and oxygen atoms in total. The van der Waals surface area contributed by atoms with Crippen LogP contribution in [0.2, 0.25) is 0 Å². The summed E-state index contributed by atoms with van der Waals surface area (Å²) in [5.41, 5.74) is -5.35. The van der Waals surface area contributed by atoms with E-state index in [1.165, 1.54) is 25.1 Å². The second-order valence-electron chi connectivity index (χ2n) is 9.80. The summed E-state index contributed by atoms with van der Waals surface area (Å²) in [5, 5.41) is 15.3. The Hall–Kier alpha value is -5.15. The number of aliphatic carboxylic acids is 1. The first-order valence-electron chi connectivity index (χ1n) is 12.6. The molecule has 4 bridgehead atoms. The highest BCUT2D eigenvalue weighted by molar-refractivity contribution is 5.85. The fourth-order valence-electron chi connectivity index (χ4n) is 4.87. The number of carbonyl (C=O) groups excluding carboxylic acids is 1. The second-order valence-corrected chi connectivity index (χ2v) is 9.80. The van der Waals surface area contributed by atoms with Gasteiger partial charge in [-0.25, -0.2) is 9.07 Å². The van der Waals surface area contributed by atoms with Crippen LogP contribution in [0.3, 0.4) is 0 Å². The van der Waals surface area contributed by atoms with Crippen LogP contribution >= 0.6 is 0 Å². The predicted octanol–water partition coefficient (Wildman–Crippen LogP) is 5.55. The van der Waals surface area contributed by atoms with E-state index in [-0.39, 0.29) is 23.3 Å². The third kappa shape index (κ3) is 5.74. The number of nitrogens with one attached hydrogen (secondary N) is 1. The molecule has 16 heteroatoms.